The van der Waals surface area contributed by atoms with Crippen LogP contribution in [0.5, 0.6) is 0 Å². The fraction of sp³-hybridized carbons (Fsp3) is 0.636. The van der Waals surface area contributed by atoms with Crippen molar-refractivity contribution in [3.8, 4) is 0 Å². The minimum absolute atomic E-state index is 0.00919. The quantitative estimate of drug-likeness (QED) is 0.599. The molecule has 96 valence electrons. The fourth-order valence-corrected chi connectivity index (χ4v) is 5.16. The van der Waals surface area contributed by atoms with Crippen molar-refractivity contribution in [3.05, 3.63) is 11.8 Å². The second kappa shape index (κ2) is 5.22. The van der Waals surface area contributed by atoms with Crippen LogP contribution >= 0.6 is 0 Å². The molecule has 4 nitrogen and oxygen atoms in total. The zero-order valence-corrected chi connectivity index (χ0v) is 14.8. The van der Waals surface area contributed by atoms with Gasteiger partial charge in [0.1, 0.15) is 0 Å². The second-order valence-corrected chi connectivity index (χ2v) is 21.5. The first kappa shape index (κ1) is 14.9. The maximum atomic E-state index is 11.6. The summed E-state index contributed by atoms with van der Waals surface area (Å²) >= 11 is -2.36. The first-order valence-electron chi connectivity index (χ1n) is 5.73. The van der Waals surface area contributed by atoms with Crippen molar-refractivity contribution < 1.29 is 8.42 Å². The number of aromatic nitrogens is 2. The van der Waals surface area contributed by atoms with Gasteiger partial charge in [0.2, 0.25) is 0 Å². The standard InChI is InChI=1S/C8H11N2O2S.3CH3.Sn/c1-3-4-7-5-6-9-8(10-7)13(2,11)12;;;;/h5H,3-4H2,1-2H3;3*1H3;. The van der Waals surface area contributed by atoms with E-state index < -0.39 is 28.2 Å². The van der Waals surface area contributed by atoms with E-state index in [1.807, 2.05) is 6.07 Å². The normalized spacial score (nSPS) is 12.8. The van der Waals surface area contributed by atoms with Crippen LogP contribution in [-0.2, 0) is 16.3 Å². The van der Waals surface area contributed by atoms with Crippen molar-refractivity contribution in [3.63, 3.8) is 0 Å². The van der Waals surface area contributed by atoms with Crippen LogP contribution in [0.25, 0.3) is 0 Å². The molecule has 1 aromatic rings. The molecule has 0 fully saturated rings. The summed E-state index contributed by atoms with van der Waals surface area (Å²) in [5, 5.41) is -0.00919. The van der Waals surface area contributed by atoms with E-state index in [-0.39, 0.29) is 5.16 Å². The van der Waals surface area contributed by atoms with Crippen molar-refractivity contribution in [2.75, 3.05) is 6.26 Å². The van der Waals surface area contributed by atoms with Gasteiger partial charge in [0.05, 0.1) is 0 Å². The summed E-state index contributed by atoms with van der Waals surface area (Å²) in [5.74, 6) is 0. The van der Waals surface area contributed by atoms with E-state index in [2.05, 4.69) is 31.7 Å². The van der Waals surface area contributed by atoms with Crippen LogP contribution in [0.1, 0.15) is 19.0 Å². The van der Waals surface area contributed by atoms with E-state index >= 15 is 0 Å². The zero-order valence-electron chi connectivity index (χ0n) is 11.1. The average molecular weight is 363 g/mol. The Morgan fingerprint density at radius 2 is 1.82 bits per heavy atom. The van der Waals surface area contributed by atoms with Gasteiger partial charge >= 0.3 is 108 Å². The third kappa shape index (κ3) is 4.21. The van der Waals surface area contributed by atoms with Gasteiger partial charge in [0.15, 0.2) is 0 Å². The van der Waals surface area contributed by atoms with Gasteiger partial charge in [-0.2, -0.15) is 0 Å². The first-order valence-corrected chi connectivity index (χ1v) is 17.6. The van der Waals surface area contributed by atoms with Gasteiger partial charge in [0.25, 0.3) is 0 Å². The average Bonchev–Trinajstić information content (AvgIpc) is 2.15. The molecule has 1 rings (SSSR count). The van der Waals surface area contributed by atoms with Crippen molar-refractivity contribution in [1.82, 2.24) is 9.97 Å². The van der Waals surface area contributed by atoms with E-state index in [9.17, 15) is 8.42 Å². The monoisotopic (exact) mass is 364 g/mol. The third-order valence-corrected chi connectivity index (χ3v) is 8.33. The summed E-state index contributed by atoms with van der Waals surface area (Å²) in [6, 6.07) is 1.99. The summed E-state index contributed by atoms with van der Waals surface area (Å²) in [6.45, 7) is 2.06. The van der Waals surface area contributed by atoms with Gasteiger partial charge in [0, 0.05) is 0 Å². The Balaban J connectivity index is 3.39. The molecular weight excluding hydrogens is 343 g/mol. The van der Waals surface area contributed by atoms with Crippen molar-refractivity contribution >= 4 is 31.9 Å². The molecule has 1 heterocycles. The number of rotatable bonds is 4. The molecule has 0 saturated heterocycles. The van der Waals surface area contributed by atoms with Crippen LogP contribution in [0.2, 0.25) is 14.8 Å². The summed E-state index contributed by atoms with van der Waals surface area (Å²) in [6.07, 6.45) is 2.93. The molecule has 1 aromatic heterocycles. The number of aryl methyl sites for hydroxylation is 1. The van der Waals surface area contributed by atoms with Crippen LogP contribution in [0.15, 0.2) is 11.2 Å². The number of nitrogens with zero attached hydrogens (tertiary/aromatic N) is 2. The molecule has 0 atom stereocenters. The van der Waals surface area contributed by atoms with E-state index in [1.54, 1.807) is 0 Å². The van der Waals surface area contributed by atoms with Gasteiger partial charge in [-0.25, -0.2) is 0 Å². The fourth-order valence-electron chi connectivity index (χ4n) is 1.41. The molecule has 0 amide bonds. The number of sulfone groups is 1. The SMILES string of the molecule is CCCc1c[c]([Sn]([CH3])([CH3])[CH3])nc(S(C)(=O)=O)n1. The molecule has 0 aromatic carbocycles. The predicted octanol–water partition coefficient (Wildman–Crippen LogP) is 1.38. The summed E-state index contributed by atoms with van der Waals surface area (Å²) in [4.78, 5) is 15.1. The van der Waals surface area contributed by atoms with Gasteiger partial charge in [-0.1, -0.05) is 0 Å². The predicted molar refractivity (Wildman–Crippen MR) is 72.1 cm³/mol. The Kier molecular flexibility index (Phi) is 4.57. The van der Waals surface area contributed by atoms with Crippen molar-refractivity contribution in [2.24, 2.45) is 0 Å². The molecule has 0 aliphatic rings. The van der Waals surface area contributed by atoms with Gasteiger partial charge in [-0.05, 0) is 0 Å². The van der Waals surface area contributed by atoms with Crippen LogP contribution in [0, 0.1) is 0 Å². The zero-order chi connectivity index (χ0) is 13.3. The van der Waals surface area contributed by atoms with Crippen LogP contribution in [0.4, 0.5) is 0 Å². The second-order valence-electron chi connectivity index (χ2n) is 5.30. The van der Waals surface area contributed by atoms with E-state index in [0.717, 1.165) is 22.2 Å². The maximum absolute atomic E-state index is 11.6. The van der Waals surface area contributed by atoms with E-state index in [4.69, 9.17) is 0 Å². The summed E-state index contributed by atoms with van der Waals surface area (Å²) in [7, 11) is -3.32. The Morgan fingerprint density at radius 1 is 1.24 bits per heavy atom. The first-order chi connectivity index (χ1) is 7.64. The van der Waals surface area contributed by atoms with E-state index in [0.29, 0.717) is 0 Å². The Labute approximate surface area is 108 Å². The molecule has 0 unspecified atom stereocenters. The molecule has 0 saturated carbocycles. The molecule has 0 aliphatic heterocycles. The topological polar surface area (TPSA) is 59.9 Å². The van der Waals surface area contributed by atoms with E-state index in [1.165, 1.54) is 6.26 Å². The number of hydrogen-bond acceptors (Lipinski definition) is 4. The molecule has 0 radical (unpaired) electrons. The molecule has 0 aliphatic carbocycles. The van der Waals surface area contributed by atoms with Gasteiger partial charge < -0.3 is 0 Å². The molecular formula is C11H20N2O2SSn. The molecule has 6 heteroatoms. The van der Waals surface area contributed by atoms with Crippen LogP contribution in [-0.4, -0.2) is 43.0 Å². The Bertz CT molecular complexity index is 507. The van der Waals surface area contributed by atoms with Crippen molar-refractivity contribution in [2.45, 2.75) is 39.7 Å². The van der Waals surface area contributed by atoms with Crippen LogP contribution in [0.3, 0.4) is 0 Å². The Morgan fingerprint density at radius 3 is 2.24 bits per heavy atom. The molecule has 0 bridgehead atoms. The van der Waals surface area contributed by atoms with Crippen LogP contribution < -0.4 is 3.71 Å². The molecule has 0 N–H and O–H groups in total. The Hall–Kier alpha value is -0.171. The summed E-state index contributed by atoms with van der Waals surface area (Å²) < 4.78 is 24.1. The third-order valence-electron chi connectivity index (χ3n) is 2.36. The molecule has 17 heavy (non-hydrogen) atoms. The summed E-state index contributed by atoms with van der Waals surface area (Å²) in [5.41, 5.74) is 0.851. The molecule has 0 spiro atoms. The van der Waals surface area contributed by atoms with Crippen molar-refractivity contribution in [1.29, 1.82) is 0 Å². The van der Waals surface area contributed by atoms with Gasteiger partial charge in [-0.3, -0.25) is 0 Å². The number of hydrogen-bond donors (Lipinski definition) is 0. The minimum atomic E-state index is -3.32. The van der Waals surface area contributed by atoms with Gasteiger partial charge in [-0.15, -0.1) is 0 Å².